The minimum atomic E-state index is -5.15. The molecular formula is C23H31F3N6O4. The lowest BCUT2D eigenvalue weighted by atomic mass is 9.94. The van der Waals surface area contributed by atoms with E-state index in [2.05, 4.69) is 16.0 Å². The maximum Gasteiger partial charge on any atom is 0.471 e. The van der Waals surface area contributed by atoms with E-state index in [1.807, 2.05) is 25.2 Å². The number of rotatable bonds is 7. The molecule has 0 aromatic rings. The lowest BCUT2D eigenvalue weighted by Gasteiger charge is -2.35. The molecule has 1 saturated carbocycles. The molecule has 4 fully saturated rings. The number of hydrogen-bond acceptors (Lipinski definition) is 6. The van der Waals surface area contributed by atoms with Crippen molar-refractivity contribution in [1.82, 2.24) is 26.2 Å². The van der Waals surface area contributed by atoms with Crippen LogP contribution in [0.15, 0.2) is 0 Å². The van der Waals surface area contributed by atoms with Gasteiger partial charge in [0.2, 0.25) is 17.7 Å². The van der Waals surface area contributed by atoms with Gasteiger partial charge in [-0.05, 0) is 43.1 Å². The predicted molar refractivity (Wildman–Crippen MR) is 119 cm³/mol. The first-order valence-corrected chi connectivity index (χ1v) is 12.2. The van der Waals surface area contributed by atoms with Gasteiger partial charge in [-0.3, -0.25) is 19.2 Å². The number of nitrogens with zero attached hydrogens (tertiary/aromatic N) is 2. The molecule has 0 aromatic carbocycles. The molecule has 13 heteroatoms. The van der Waals surface area contributed by atoms with Gasteiger partial charge in [0.25, 0.3) is 0 Å². The molecule has 0 spiro atoms. The van der Waals surface area contributed by atoms with Gasteiger partial charge in [0.1, 0.15) is 18.1 Å². The Morgan fingerprint density at radius 3 is 2.50 bits per heavy atom. The third kappa shape index (κ3) is 4.87. The largest absolute Gasteiger partial charge is 0.471 e. The summed E-state index contributed by atoms with van der Waals surface area (Å²) in [6.45, 7) is 5.35. The number of nitrogens with one attached hydrogen (secondary N) is 4. The highest BCUT2D eigenvalue weighted by Crippen LogP contribution is 2.65. The first-order valence-electron chi connectivity index (χ1n) is 12.2. The number of likely N-dealkylation sites (tertiary alicyclic amines) is 1. The Morgan fingerprint density at radius 1 is 1.22 bits per heavy atom. The van der Waals surface area contributed by atoms with E-state index in [0.29, 0.717) is 25.9 Å². The lowest BCUT2D eigenvalue weighted by molar-refractivity contribution is -0.175. The second-order valence-electron chi connectivity index (χ2n) is 10.8. The van der Waals surface area contributed by atoms with Crippen molar-refractivity contribution in [3.05, 3.63) is 0 Å². The van der Waals surface area contributed by atoms with Gasteiger partial charge < -0.3 is 26.2 Å². The van der Waals surface area contributed by atoms with Crippen LogP contribution in [-0.2, 0) is 19.2 Å². The molecule has 0 unspecified atom stereocenters. The number of halogens is 3. The number of piperidine rings is 1. The highest BCUT2D eigenvalue weighted by atomic mass is 19.4. The van der Waals surface area contributed by atoms with Gasteiger partial charge in [0.15, 0.2) is 0 Å². The quantitative estimate of drug-likeness (QED) is 0.368. The first kappa shape index (κ1) is 26.2. The molecule has 3 saturated heterocycles. The number of nitriles is 1. The van der Waals surface area contributed by atoms with Crippen LogP contribution in [0, 0.1) is 40.4 Å². The van der Waals surface area contributed by atoms with Crippen molar-refractivity contribution >= 4 is 23.6 Å². The summed E-state index contributed by atoms with van der Waals surface area (Å²) in [4.78, 5) is 51.9. The van der Waals surface area contributed by atoms with Gasteiger partial charge in [-0.1, -0.05) is 13.8 Å². The summed E-state index contributed by atoms with van der Waals surface area (Å²) in [7, 11) is 0. The second kappa shape index (κ2) is 9.53. The van der Waals surface area contributed by atoms with Crippen molar-refractivity contribution in [3.8, 4) is 6.07 Å². The third-order valence-electron chi connectivity index (χ3n) is 8.30. The predicted octanol–water partition coefficient (Wildman–Crippen LogP) is -0.339. The zero-order chi connectivity index (χ0) is 26.4. The summed E-state index contributed by atoms with van der Waals surface area (Å²) >= 11 is 0. The minimum Gasteiger partial charge on any atom is -0.356 e. The maximum atomic E-state index is 13.6. The molecule has 4 rings (SSSR count). The number of hydrogen-bond donors (Lipinski definition) is 4. The van der Waals surface area contributed by atoms with E-state index in [1.165, 1.54) is 4.90 Å². The molecule has 36 heavy (non-hydrogen) atoms. The van der Waals surface area contributed by atoms with Crippen molar-refractivity contribution in [3.63, 3.8) is 0 Å². The summed E-state index contributed by atoms with van der Waals surface area (Å²) in [5.74, 6) is -4.89. The van der Waals surface area contributed by atoms with Crippen molar-refractivity contribution in [2.45, 2.75) is 57.4 Å². The van der Waals surface area contributed by atoms with Crippen LogP contribution in [0.1, 0.15) is 33.1 Å². The van der Waals surface area contributed by atoms with Gasteiger partial charge in [-0.2, -0.15) is 18.4 Å². The zero-order valence-electron chi connectivity index (χ0n) is 20.2. The molecule has 10 nitrogen and oxygen atoms in total. The summed E-state index contributed by atoms with van der Waals surface area (Å²) in [5.41, 5.74) is -0.258. The fraction of sp³-hybridized carbons (Fsp3) is 0.783. The molecular weight excluding hydrogens is 481 g/mol. The van der Waals surface area contributed by atoms with E-state index in [9.17, 15) is 37.6 Å². The number of amides is 4. The van der Waals surface area contributed by atoms with Crippen LogP contribution in [0.5, 0.6) is 0 Å². The fourth-order valence-electron chi connectivity index (χ4n) is 6.11. The number of carbonyl (C=O) groups is 4. The highest BCUT2D eigenvalue weighted by molar-refractivity contribution is 5.94. The van der Waals surface area contributed by atoms with E-state index in [4.69, 9.17) is 0 Å². The molecule has 0 bridgehead atoms. The van der Waals surface area contributed by atoms with Crippen LogP contribution < -0.4 is 21.3 Å². The van der Waals surface area contributed by atoms with Crippen LogP contribution in [0.2, 0.25) is 0 Å². The molecule has 0 radical (unpaired) electrons. The molecule has 3 heterocycles. The molecule has 4 amide bonds. The fourth-order valence-corrected chi connectivity index (χ4v) is 6.11. The monoisotopic (exact) mass is 512 g/mol. The van der Waals surface area contributed by atoms with Gasteiger partial charge in [-0.15, -0.1) is 0 Å². The van der Waals surface area contributed by atoms with E-state index in [-0.39, 0.29) is 42.7 Å². The zero-order valence-corrected chi connectivity index (χ0v) is 20.2. The molecule has 1 aliphatic carbocycles. The Morgan fingerprint density at radius 2 is 1.94 bits per heavy atom. The van der Waals surface area contributed by atoms with Gasteiger partial charge >= 0.3 is 12.1 Å². The Balaban J connectivity index is 1.52. The summed E-state index contributed by atoms with van der Waals surface area (Å²) in [5, 5.41) is 19.8. The van der Waals surface area contributed by atoms with E-state index >= 15 is 0 Å². The van der Waals surface area contributed by atoms with Gasteiger partial charge in [0.05, 0.1) is 6.07 Å². The molecule has 3 aliphatic heterocycles. The normalized spacial score (nSPS) is 32.2. The lowest BCUT2D eigenvalue weighted by Crippen LogP contribution is -2.60. The molecule has 198 valence electrons. The van der Waals surface area contributed by atoms with Crippen LogP contribution in [0.3, 0.4) is 0 Å². The van der Waals surface area contributed by atoms with Crippen molar-refractivity contribution < 1.29 is 32.3 Å². The summed E-state index contributed by atoms with van der Waals surface area (Å²) in [6, 6.07) is -1.37. The highest BCUT2D eigenvalue weighted by Gasteiger charge is 2.69. The van der Waals surface area contributed by atoms with E-state index < -0.39 is 53.9 Å². The Hall–Kier alpha value is -2.88. The summed E-state index contributed by atoms with van der Waals surface area (Å²) in [6.07, 6.45) is -4.07. The topological polar surface area (TPSA) is 143 Å². The minimum absolute atomic E-state index is 0.0287. The standard InChI is InChI=1S/C23H31F3N6O4/c1-22(2)14-10-32(20(35)16(12-3-5-28-9-12)31-21(36)23(24,25)26)17(15(14)22)19(34)30-13(8-27)7-11-4-6-29-18(11)33/h11-17,28H,3-7,9-10H2,1-2H3,(H,29,33)(H,30,34)(H,31,36)/t11-,12-,13-,14-,15-,16-,17-/m0/s1. The van der Waals surface area contributed by atoms with Crippen LogP contribution in [0.25, 0.3) is 0 Å². The van der Waals surface area contributed by atoms with Gasteiger partial charge in [-0.25, -0.2) is 0 Å². The SMILES string of the molecule is CC1(C)[C@@H]2[C@@H](C(=O)N[C@H](C#N)C[C@@H]3CCNC3=O)N(C(=O)[C@@H](NC(=O)C(F)(F)F)[C@H]3CCNC3)C[C@@H]21. The first-order chi connectivity index (χ1) is 16.9. The Kier molecular flexibility index (Phi) is 6.94. The van der Waals surface area contributed by atoms with Crippen molar-refractivity contribution in [2.75, 3.05) is 26.2 Å². The van der Waals surface area contributed by atoms with Gasteiger partial charge in [0, 0.05) is 31.5 Å². The summed E-state index contributed by atoms with van der Waals surface area (Å²) < 4.78 is 39.0. The molecule has 7 atom stereocenters. The second-order valence-corrected chi connectivity index (χ2v) is 10.8. The van der Waals surface area contributed by atoms with Crippen LogP contribution >= 0.6 is 0 Å². The average molecular weight is 513 g/mol. The number of carbonyl (C=O) groups excluding carboxylic acids is 4. The number of alkyl halides is 3. The van der Waals surface area contributed by atoms with Crippen molar-refractivity contribution in [2.24, 2.45) is 29.1 Å². The molecule has 4 N–H and O–H groups in total. The molecule has 4 aliphatic rings. The smallest absolute Gasteiger partial charge is 0.356 e. The Bertz CT molecular complexity index is 974. The third-order valence-corrected chi connectivity index (χ3v) is 8.30. The van der Waals surface area contributed by atoms with E-state index in [0.717, 1.165) is 0 Å². The van der Waals surface area contributed by atoms with Crippen LogP contribution in [0.4, 0.5) is 13.2 Å². The number of fused-ring (bicyclic) bond motifs is 1. The Labute approximate surface area is 206 Å². The average Bonchev–Trinajstić information content (AvgIpc) is 3.37. The molecule has 0 aromatic heterocycles. The maximum absolute atomic E-state index is 13.6. The van der Waals surface area contributed by atoms with Crippen molar-refractivity contribution in [1.29, 1.82) is 5.26 Å². The van der Waals surface area contributed by atoms with Crippen LogP contribution in [-0.4, -0.2) is 79.0 Å². The van der Waals surface area contributed by atoms with E-state index in [1.54, 1.807) is 0 Å².